The first-order valence-corrected chi connectivity index (χ1v) is 6.61. The minimum atomic E-state index is -0.00782. The molecule has 0 unspecified atom stereocenters. The van der Waals surface area contributed by atoms with Crippen LogP contribution < -0.4 is 5.32 Å². The Morgan fingerprint density at radius 2 is 1.71 bits per heavy atom. The number of piperidine rings is 1. The lowest BCUT2D eigenvalue weighted by molar-refractivity contribution is -0.128. The largest absolute Gasteiger partial charge is 0.317 e. The van der Waals surface area contributed by atoms with E-state index < -0.39 is 0 Å². The second kappa shape index (κ2) is 6.29. The van der Waals surface area contributed by atoms with Crippen molar-refractivity contribution in [1.82, 2.24) is 5.32 Å². The first kappa shape index (κ1) is 14.4. The fourth-order valence-corrected chi connectivity index (χ4v) is 2.35. The summed E-state index contributed by atoms with van der Waals surface area (Å²) >= 11 is 0. The van der Waals surface area contributed by atoms with Crippen molar-refractivity contribution in [2.75, 3.05) is 13.1 Å². The molecule has 0 atom stereocenters. The van der Waals surface area contributed by atoms with Gasteiger partial charge in [0.1, 0.15) is 11.6 Å². The van der Waals surface area contributed by atoms with E-state index in [0.717, 1.165) is 25.9 Å². The fourth-order valence-electron chi connectivity index (χ4n) is 2.35. The summed E-state index contributed by atoms with van der Waals surface area (Å²) in [6.07, 6.45) is 3.38. The van der Waals surface area contributed by atoms with Crippen LogP contribution in [-0.4, -0.2) is 24.7 Å². The van der Waals surface area contributed by atoms with Gasteiger partial charge in [0.05, 0.1) is 6.42 Å². The van der Waals surface area contributed by atoms with Crippen LogP contribution in [0.1, 0.15) is 52.9 Å². The zero-order chi connectivity index (χ0) is 12.9. The number of carbonyl (C=O) groups excluding carboxylic acids is 2. The Morgan fingerprint density at radius 1 is 1.12 bits per heavy atom. The highest BCUT2D eigenvalue weighted by atomic mass is 16.1. The molecule has 3 nitrogen and oxygen atoms in total. The molecular formula is C14H25NO2. The highest BCUT2D eigenvalue weighted by molar-refractivity contribution is 5.99. The third-order valence-electron chi connectivity index (χ3n) is 3.10. The molecule has 1 fully saturated rings. The van der Waals surface area contributed by atoms with Gasteiger partial charge >= 0.3 is 0 Å². The molecule has 0 amide bonds. The van der Waals surface area contributed by atoms with Gasteiger partial charge in [0, 0.05) is 12.8 Å². The van der Waals surface area contributed by atoms with Crippen LogP contribution in [0.2, 0.25) is 0 Å². The van der Waals surface area contributed by atoms with E-state index in [1.165, 1.54) is 0 Å². The number of nitrogens with one attached hydrogen (secondary N) is 1. The van der Waals surface area contributed by atoms with Crippen molar-refractivity contribution in [2.45, 2.75) is 52.9 Å². The van der Waals surface area contributed by atoms with Crippen LogP contribution in [0, 0.1) is 11.3 Å². The number of Topliss-reactive ketones (excluding diaryl/α,β-unsaturated/α-hetero) is 2. The molecule has 0 aromatic rings. The van der Waals surface area contributed by atoms with Gasteiger partial charge in [-0.25, -0.2) is 0 Å². The standard InChI is InChI=1S/C14H25NO2/c1-14(2,3)10-13(17)9-12(16)8-11-4-6-15-7-5-11/h11,15H,4-10H2,1-3H3. The van der Waals surface area contributed by atoms with Crippen molar-refractivity contribution in [1.29, 1.82) is 0 Å². The average molecular weight is 239 g/mol. The van der Waals surface area contributed by atoms with E-state index in [9.17, 15) is 9.59 Å². The van der Waals surface area contributed by atoms with E-state index in [2.05, 4.69) is 5.32 Å². The van der Waals surface area contributed by atoms with Crippen LogP contribution >= 0.6 is 0 Å². The number of carbonyl (C=O) groups is 2. The molecule has 1 saturated heterocycles. The molecule has 0 radical (unpaired) electrons. The number of rotatable bonds is 5. The molecule has 3 heteroatoms. The van der Waals surface area contributed by atoms with Crippen molar-refractivity contribution >= 4 is 11.6 Å². The van der Waals surface area contributed by atoms with Crippen LogP contribution in [0.15, 0.2) is 0 Å². The fraction of sp³-hybridized carbons (Fsp3) is 0.857. The van der Waals surface area contributed by atoms with Crippen molar-refractivity contribution < 1.29 is 9.59 Å². The summed E-state index contributed by atoms with van der Waals surface area (Å²) in [6.45, 7) is 8.11. The first-order valence-electron chi connectivity index (χ1n) is 6.61. The SMILES string of the molecule is CC(C)(C)CC(=O)CC(=O)CC1CCNCC1. The predicted octanol–water partition coefficient (Wildman–Crippen LogP) is 2.34. The number of ketones is 2. The highest BCUT2D eigenvalue weighted by Gasteiger charge is 2.21. The summed E-state index contributed by atoms with van der Waals surface area (Å²) in [5.74, 6) is 0.716. The molecule has 1 heterocycles. The van der Waals surface area contributed by atoms with Crippen LogP contribution in [-0.2, 0) is 9.59 Å². The Kier molecular flexibility index (Phi) is 5.31. The Balaban J connectivity index is 2.26. The van der Waals surface area contributed by atoms with E-state index in [0.29, 0.717) is 18.8 Å². The van der Waals surface area contributed by atoms with Crippen LogP contribution in [0.3, 0.4) is 0 Å². The summed E-state index contributed by atoms with van der Waals surface area (Å²) < 4.78 is 0. The predicted molar refractivity (Wildman–Crippen MR) is 68.9 cm³/mol. The molecule has 0 bridgehead atoms. The Labute approximate surface area is 104 Å². The maximum Gasteiger partial charge on any atom is 0.140 e. The van der Waals surface area contributed by atoms with Crippen molar-refractivity contribution in [3.8, 4) is 0 Å². The number of hydrogen-bond acceptors (Lipinski definition) is 3. The third kappa shape index (κ3) is 6.57. The van der Waals surface area contributed by atoms with Gasteiger partial charge in [-0.3, -0.25) is 9.59 Å². The smallest absolute Gasteiger partial charge is 0.140 e. The zero-order valence-corrected chi connectivity index (χ0v) is 11.3. The molecule has 0 aromatic carbocycles. The van der Waals surface area contributed by atoms with E-state index in [4.69, 9.17) is 0 Å². The molecule has 0 aliphatic carbocycles. The second-order valence-corrected chi connectivity index (χ2v) is 6.39. The summed E-state index contributed by atoms with van der Waals surface area (Å²) in [6, 6.07) is 0. The lowest BCUT2D eigenvalue weighted by Gasteiger charge is -2.22. The van der Waals surface area contributed by atoms with Crippen LogP contribution in [0.25, 0.3) is 0 Å². The van der Waals surface area contributed by atoms with Gasteiger partial charge in [-0.15, -0.1) is 0 Å². The van der Waals surface area contributed by atoms with Crippen molar-refractivity contribution in [3.63, 3.8) is 0 Å². The van der Waals surface area contributed by atoms with Gasteiger partial charge in [-0.1, -0.05) is 20.8 Å². The Morgan fingerprint density at radius 3 is 2.24 bits per heavy atom. The molecule has 0 spiro atoms. The van der Waals surface area contributed by atoms with Gasteiger partial charge in [0.25, 0.3) is 0 Å². The zero-order valence-electron chi connectivity index (χ0n) is 11.3. The molecule has 98 valence electrons. The van der Waals surface area contributed by atoms with E-state index in [1.54, 1.807) is 0 Å². The van der Waals surface area contributed by atoms with E-state index in [1.807, 2.05) is 20.8 Å². The molecule has 1 aliphatic heterocycles. The van der Waals surface area contributed by atoms with Gasteiger partial charge in [0.15, 0.2) is 0 Å². The van der Waals surface area contributed by atoms with E-state index >= 15 is 0 Å². The molecule has 1 rings (SSSR count). The maximum absolute atomic E-state index is 11.8. The average Bonchev–Trinajstić information content (AvgIpc) is 2.15. The molecule has 0 aromatic heterocycles. The minimum Gasteiger partial charge on any atom is -0.317 e. The normalized spacial score (nSPS) is 18.1. The highest BCUT2D eigenvalue weighted by Crippen LogP contribution is 2.21. The molecule has 0 saturated carbocycles. The van der Waals surface area contributed by atoms with Gasteiger partial charge in [-0.2, -0.15) is 0 Å². The van der Waals surface area contributed by atoms with Gasteiger partial charge in [0.2, 0.25) is 0 Å². The van der Waals surface area contributed by atoms with Crippen molar-refractivity contribution in [2.24, 2.45) is 11.3 Å². The summed E-state index contributed by atoms with van der Waals surface area (Å²) in [5.41, 5.74) is -0.00782. The Hall–Kier alpha value is -0.700. The number of hydrogen-bond donors (Lipinski definition) is 1. The molecule has 1 aliphatic rings. The molecular weight excluding hydrogens is 214 g/mol. The topological polar surface area (TPSA) is 46.2 Å². The summed E-state index contributed by atoms with van der Waals surface area (Å²) in [5, 5.41) is 3.28. The monoisotopic (exact) mass is 239 g/mol. The molecule has 17 heavy (non-hydrogen) atoms. The summed E-state index contributed by atoms with van der Waals surface area (Å²) in [7, 11) is 0. The first-order chi connectivity index (χ1) is 7.87. The van der Waals surface area contributed by atoms with E-state index in [-0.39, 0.29) is 23.4 Å². The third-order valence-corrected chi connectivity index (χ3v) is 3.10. The quantitative estimate of drug-likeness (QED) is 0.749. The molecule has 1 N–H and O–H groups in total. The summed E-state index contributed by atoms with van der Waals surface area (Å²) in [4.78, 5) is 23.4. The van der Waals surface area contributed by atoms with Gasteiger partial charge < -0.3 is 5.32 Å². The second-order valence-electron chi connectivity index (χ2n) is 6.39. The van der Waals surface area contributed by atoms with Crippen LogP contribution in [0.5, 0.6) is 0 Å². The van der Waals surface area contributed by atoms with Gasteiger partial charge in [-0.05, 0) is 37.3 Å². The van der Waals surface area contributed by atoms with Crippen molar-refractivity contribution in [3.05, 3.63) is 0 Å². The minimum absolute atomic E-state index is 0.00782. The maximum atomic E-state index is 11.8. The lowest BCUT2D eigenvalue weighted by atomic mass is 9.86. The Bertz CT molecular complexity index is 272. The lowest BCUT2D eigenvalue weighted by Crippen LogP contribution is -2.29. The van der Waals surface area contributed by atoms with Crippen LogP contribution in [0.4, 0.5) is 0 Å².